The lowest BCUT2D eigenvalue weighted by molar-refractivity contribution is -0.386. The van der Waals surface area contributed by atoms with Gasteiger partial charge in [-0.3, -0.25) is 10.1 Å². The molecule has 0 spiro atoms. The first kappa shape index (κ1) is 13.9. The van der Waals surface area contributed by atoms with Gasteiger partial charge in [0.2, 0.25) is 0 Å². The molecule has 0 amide bonds. The highest BCUT2D eigenvalue weighted by Gasteiger charge is 2.24. The molecular weight excluding hydrogens is 240 g/mol. The molecule has 3 N–H and O–H groups in total. The summed E-state index contributed by atoms with van der Waals surface area (Å²) in [6, 6.07) is 2.28. The van der Waals surface area contributed by atoms with Crippen LogP contribution in [0.2, 0.25) is 0 Å². The fraction of sp³-hybridized carbons (Fsp3) is 0.364. The normalized spacial score (nSPS) is 11.9. The number of carbonyl (C=O) groups is 1. The number of rotatable bonds is 5. The zero-order chi connectivity index (χ0) is 13.9. The molecule has 0 fully saturated rings. The Balaban J connectivity index is 3.23. The fourth-order valence-corrected chi connectivity index (χ4v) is 1.47. The van der Waals surface area contributed by atoms with Crippen molar-refractivity contribution in [3.05, 3.63) is 33.4 Å². The van der Waals surface area contributed by atoms with Crippen molar-refractivity contribution in [3.8, 4) is 5.75 Å². The van der Waals surface area contributed by atoms with Crippen LogP contribution < -0.4 is 10.5 Å². The Morgan fingerprint density at radius 2 is 2.22 bits per heavy atom. The fourth-order valence-electron chi connectivity index (χ4n) is 1.47. The zero-order valence-corrected chi connectivity index (χ0v) is 10.0. The van der Waals surface area contributed by atoms with E-state index in [4.69, 9.17) is 15.6 Å². The van der Waals surface area contributed by atoms with Crippen LogP contribution in [0.25, 0.3) is 0 Å². The van der Waals surface area contributed by atoms with E-state index in [0.717, 1.165) is 0 Å². The van der Waals surface area contributed by atoms with Crippen LogP contribution in [0.1, 0.15) is 22.8 Å². The van der Waals surface area contributed by atoms with Crippen molar-refractivity contribution in [3.63, 3.8) is 0 Å². The molecule has 7 heteroatoms. The van der Waals surface area contributed by atoms with Gasteiger partial charge in [-0.25, -0.2) is 4.79 Å². The maximum atomic E-state index is 11.0. The first-order valence-electron chi connectivity index (χ1n) is 5.24. The minimum atomic E-state index is -1.21. The van der Waals surface area contributed by atoms with Crippen LogP contribution in [-0.4, -0.2) is 28.6 Å². The third-order valence-electron chi connectivity index (χ3n) is 2.31. The van der Waals surface area contributed by atoms with Crippen LogP contribution in [0.4, 0.5) is 5.69 Å². The quantitative estimate of drug-likeness (QED) is 0.604. The lowest BCUT2D eigenvalue weighted by Gasteiger charge is -2.11. The van der Waals surface area contributed by atoms with Gasteiger partial charge in [0.15, 0.2) is 5.75 Å². The summed E-state index contributed by atoms with van der Waals surface area (Å²) in [5.41, 5.74) is 5.10. The number of hydrogen-bond donors (Lipinski definition) is 2. The largest absolute Gasteiger partial charge is 0.485 e. The Labute approximate surface area is 103 Å². The Bertz CT molecular complexity index is 485. The van der Waals surface area contributed by atoms with Crippen LogP contribution in [0.3, 0.4) is 0 Å². The minimum Gasteiger partial charge on any atom is -0.485 e. The summed E-state index contributed by atoms with van der Waals surface area (Å²) in [6.07, 6.45) is 0. The summed E-state index contributed by atoms with van der Waals surface area (Å²) in [7, 11) is 0. The molecule has 98 valence electrons. The molecule has 0 bridgehead atoms. The summed E-state index contributed by atoms with van der Waals surface area (Å²) in [5.74, 6) is -1.19. The second kappa shape index (κ2) is 5.46. The second-order valence-electron chi connectivity index (χ2n) is 3.94. The number of nitrogens with two attached hydrogens (primary N) is 1. The summed E-state index contributed by atoms with van der Waals surface area (Å²) in [5, 5.41) is 19.9. The van der Waals surface area contributed by atoms with Crippen LogP contribution in [0.15, 0.2) is 12.1 Å². The van der Waals surface area contributed by atoms with Crippen LogP contribution >= 0.6 is 0 Å². The van der Waals surface area contributed by atoms with Gasteiger partial charge in [0.05, 0.1) is 10.5 Å². The molecule has 7 nitrogen and oxygen atoms in total. The maximum Gasteiger partial charge on any atom is 0.336 e. The summed E-state index contributed by atoms with van der Waals surface area (Å²) in [4.78, 5) is 21.2. The third-order valence-corrected chi connectivity index (χ3v) is 2.31. The first-order chi connectivity index (χ1) is 8.34. The Morgan fingerprint density at radius 1 is 1.61 bits per heavy atom. The number of carboxylic acids is 1. The topological polar surface area (TPSA) is 116 Å². The van der Waals surface area contributed by atoms with Gasteiger partial charge in [0, 0.05) is 11.6 Å². The predicted octanol–water partition coefficient (Wildman–Crippen LogP) is 1.33. The number of benzene rings is 1. The van der Waals surface area contributed by atoms with E-state index in [1.54, 1.807) is 6.92 Å². The first-order valence-corrected chi connectivity index (χ1v) is 5.24. The van der Waals surface area contributed by atoms with Crippen LogP contribution in [0.5, 0.6) is 5.75 Å². The van der Waals surface area contributed by atoms with E-state index in [9.17, 15) is 14.9 Å². The van der Waals surface area contributed by atoms with E-state index in [1.807, 2.05) is 0 Å². The smallest absolute Gasteiger partial charge is 0.336 e. The molecule has 0 aliphatic rings. The number of hydrogen-bond acceptors (Lipinski definition) is 5. The van der Waals surface area contributed by atoms with Gasteiger partial charge in [-0.15, -0.1) is 0 Å². The predicted molar refractivity (Wildman–Crippen MR) is 63.9 cm³/mol. The number of nitrogens with zero attached hydrogens (tertiary/aromatic N) is 1. The van der Waals surface area contributed by atoms with E-state index < -0.39 is 10.9 Å². The van der Waals surface area contributed by atoms with Crippen molar-refractivity contribution in [2.45, 2.75) is 19.9 Å². The van der Waals surface area contributed by atoms with Gasteiger partial charge in [-0.1, -0.05) is 0 Å². The molecule has 1 aromatic carbocycles. The van der Waals surface area contributed by atoms with Crippen molar-refractivity contribution in [2.24, 2.45) is 5.73 Å². The lowest BCUT2D eigenvalue weighted by Crippen LogP contribution is -2.24. The highest BCUT2D eigenvalue weighted by molar-refractivity contribution is 5.91. The second-order valence-corrected chi connectivity index (χ2v) is 3.94. The molecule has 1 rings (SSSR count). The van der Waals surface area contributed by atoms with Crippen molar-refractivity contribution in [1.82, 2.24) is 0 Å². The van der Waals surface area contributed by atoms with E-state index in [2.05, 4.69) is 0 Å². The molecule has 1 unspecified atom stereocenters. The molecule has 0 heterocycles. The number of nitro groups is 1. The number of carboxylic acid groups (broad SMARTS) is 1. The monoisotopic (exact) mass is 254 g/mol. The van der Waals surface area contributed by atoms with Crippen molar-refractivity contribution in [1.29, 1.82) is 0 Å². The number of aromatic carboxylic acids is 1. The van der Waals surface area contributed by atoms with Crippen molar-refractivity contribution in [2.75, 3.05) is 6.61 Å². The summed E-state index contributed by atoms with van der Waals surface area (Å²) in [6.45, 7) is 3.19. The standard InChI is InChI=1S/C11H14N2O5/c1-6(12)5-18-9-4-3-8(11(14)15)7(2)10(9)13(16)17/h3-4,6H,5,12H2,1-2H3,(H,14,15). The highest BCUT2D eigenvalue weighted by Crippen LogP contribution is 2.32. The van der Waals surface area contributed by atoms with E-state index in [0.29, 0.717) is 0 Å². The Morgan fingerprint density at radius 3 is 2.67 bits per heavy atom. The van der Waals surface area contributed by atoms with E-state index in [1.165, 1.54) is 19.1 Å². The van der Waals surface area contributed by atoms with E-state index >= 15 is 0 Å². The molecule has 0 aliphatic heterocycles. The molecule has 0 radical (unpaired) electrons. The average Bonchev–Trinajstić information content (AvgIpc) is 2.24. The van der Waals surface area contributed by atoms with Crippen molar-refractivity contribution >= 4 is 11.7 Å². The van der Waals surface area contributed by atoms with Gasteiger partial charge in [0.25, 0.3) is 0 Å². The van der Waals surface area contributed by atoms with Crippen molar-refractivity contribution < 1.29 is 19.6 Å². The number of ether oxygens (including phenoxy) is 1. The molecule has 0 aliphatic carbocycles. The Kier molecular flexibility index (Phi) is 4.22. The Hall–Kier alpha value is -2.15. The molecule has 18 heavy (non-hydrogen) atoms. The van der Waals surface area contributed by atoms with Gasteiger partial charge in [-0.2, -0.15) is 0 Å². The molecule has 1 aromatic rings. The van der Waals surface area contributed by atoms with Crippen LogP contribution in [0, 0.1) is 17.0 Å². The maximum absolute atomic E-state index is 11.0. The van der Waals surface area contributed by atoms with Gasteiger partial charge < -0.3 is 15.6 Å². The molecule has 0 saturated heterocycles. The molecular formula is C11H14N2O5. The molecule has 0 saturated carbocycles. The summed E-state index contributed by atoms with van der Waals surface area (Å²) >= 11 is 0. The SMILES string of the molecule is Cc1c(C(=O)O)ccc(OCC(C)N)c1[N+](=O)[O-]. The number of nitro benzene ring substituents is 1. The van der Waals surface area contributed by atoms with Gasteiger partial charge in [-0.05, 0) is 26.0 Å². The average molecular weight is 254 g/mol. The zero-order valence-electron chi connectivity index (χ0n) is 10.0. The molecule has 1 atom stereocenters. The lowest BCUT2D eigenvalue weighted by atomic mass is 10.1. The van der Waals surface area contributed by atoms with E-state index in [-0.39, 0.29) is 35.2 Å². The van der Waals surface area contributed by atoms with Gasteiger partial charge >= 0.3 is 11.7 Å². The minimum absolute atomic E-state index is 0.0276. The summed E-state index contributed by atoms with van der Waals surface area (Å²) < 4.78 is 5.22. The van der Waals surface area contributed by atoms with Crippen LogP contribution in [-0.2, 0) is 0 Å². The highest BCUT2D eigenvalue weighted by atomic mass is 16.6. The third kappa shape index (κ3) is 2.95. The molecule has 0 aromatic heterocycles. The van der Waals surface area contributed by atoms with Gasteiger partial charge in [0.1, 0.15) is 6.61 Å².